The maximum Gasteiger partial charge on any atom is 0.231 e. The van der Waals surface area contributed by atoms with Crippen molar-refractivity contribution in [2.45, 2.75) is 6.04 Å². The topological polar surface area (TPSA) is 50.4 Å². The summed E-state index contributed by atoms with van der Waals surface area (Å²) in [7, 11) is 1.83. The SMILES string of the molecule is CNC1COCC1C(=O)Nc1ccc(I)cc1Cl. The van der Waals surface area contributed by atoms with Gasteiger partial charge in [-0.15, -0.1) is 0 Å². The number of anilines is 1. The van der Waals surface area contributed by atoms with E-state index in [2.05, 4.69) is 33.2 Å². The second-order valence-electron chi connectivity index (χ2n) is 4.15. The van der Waals surface area contributed by atoms with E-state index in [-0.39, 0.29) is 17.9 Å². The number of ether oxygens (including phenoxy) is 1. The summed E-state index contributed by atoms with van der Waals surface area (Å²) in [5, 5.41) is 6.48. The highest BCUT2D eigenvalue weighted by Crippen LogP contribution is 2.25. The molecule has 0 spiro atoms. The Bertz CT molecular complexity index is 456. The van der Waals surface area contributed by atoms with Crippen molar-refractivity contribution in [3.8, 4) is 0 Å². The molecule has 1 saturated heterocycles. The highest BCUT2D eigenvalue weighted by Gasteiger charge is 2.33. The maximum atomic E-state index is 12.1. The fraction of sp³-hybridized carbons (Fsp3) is 0.417. The molecule has 4 nitrogen and oxygen atoms in total. The second kappa shape index (κ2) is 6.18. The number of likely N-dealkylation sites (N-methyl/N-ethyl adjacent to an activating group) is 1. The Labute approximate surface area is 125 Å². The maximum absolute atomic E-state index is 12.1. The summed E-state index contributed by atoms with van der Waals surface area (Å²) in [4.78, 5) is 12.1. The monoisotopic (exact) mass is 380 g/mol. The quantitative estimate of drug-likeness (QED) is 0.790. The minimum Gasteiger partial charge on any atom is -0.379 e. The van der Waals surface area contributed by atoms with Crippen LogP contribution in [0.3, 0.4) is 0 Å². The van der Waals surface area contributed by atoms with Crippen LogP contribution in [0, 0.1) is 9.49 Å². The summed E-state index contributed by atoms with van der Waals surface area (Å²) in [6.45, 7) is 1.01. The number of carbonyl (C=O) groups excluding carboxylic acids is 1. The predicted molar refractivity (Wildman–Crippen MR) is 80.0 cm³/mol. The number of halogens is 2. The van der Waals surface area contributed by atoms with Gasteiger partial charge in [-0.2, -0.15) is 0 Å². The van der Waals surface area contributed by atoms with E-state index in [1.165, 1.54) is 0 Å². The van der Waals surface area contributed by atoms with Gasteiger partial charge in [0.1, 0.15) is 0 Å². The normalized spacial score (nSPS) is 23.1. The molecule has 0 bridgehead atoms. The number of carbonyl (C=O) groups is 1. The van der Waals surface area contributed by atoms with Crippen LogP contribution in [-0.2, 0) is 9.53 Å². The van der Waals surface area contributed by atoms with Crippen LogP contribution in [0.25, 0.3) is 0 Å². The first kappa shape index (κ1) is 14.0. The lowest BCUT2D eigenvalue weighted by Gasteiger charge is -2.17. The molecule has 98 valence electrons. The highest BCUT2D eigenvalue weighted by molar-refractivity contribution is 14.1. The molecule has 6 heteroatoms. The summed E-state index contributed by atoms with van der Waals surface area (Å²) in [6.07, 6.45) is 0. The number of benzene rings is 1. The summed E-state index contributed by atoms with van der Waals surface area (Å²) < 4.78 is 6.35. The van der Waals surface area contributed by atoms with Crippen LogP contribution in [-0.4, -0.2) is 32.2 Å². The van der Waals surface area contributed by atoms with Crippen molar-refractivity contribution in [2.24, 2.45) is 5.92 Å². The minimum absolute atomic E-state index is 0.0602. The van der Waals surface area contributed by atoms with Crippen LogP contribution in [0.4, 0.5) is 5.69 Å². The van der Waals surface area contributed by atoms with E-state index in [0.717, 1.165) is 3.57 Å². The van der Waals surface area contributed by atoms with Crippen LogP contribution >= 0.6 is 34.2 Å². The Kier molecular flexibility index (Phi) is 4.83. The van der Waals surface area contributed by atoms with Crippen LogP contribution in [0.15, 0.2) is 18.2 Å². The molecule has 2 N–H and O–H groups in total. The van der Waals surface area contributed by atoms with Gasteiger partial charge in [0.2, 0.25) is 5.91 Å². The van der Waals surface area contributed by atoms with Crippen molar-refractivity contribution in [3.63, 3.8) is 0 Å². The molecule has 2 unspecified atom stereocenters. The van der Waals surface area contributed by atoms with Gasteiger partial charge in [0.25, 0.3) is 0 Å². The zero-order chi connectivity index (χ0) is 13.1. The predicted octanol–water partition coefficient (Wildman–Crippen LogP) is 2.12. The van der Waals surface area contributed by atoms with Crippen molar-refractivity contribution in [1.29, 1.82) is 0 Å². The fourth-order valence-corrected chi connectivity index (χ4v) is 2.82. The van der Waals surface area contributed by atoms with Gasteiger partial charge in [-0.05, 0) is 47.8 Å². The lowest BCUT2D eigenvalue weighted by molar-refractivity contribution is -0.120. The molecule has 1 aliphatic heterocycles. The average molecular weight is 381 g/mol. The van der Waals surface area contributed by atoms with Crippen LogP contribution in [0.1, 0.15) is 0 Å². The molecule has 1 aliphatic rings. The molecule has 1 amide bonds. The van der Waals surface area contributed by atoms with Gasteiger partial charge in [-0.25, -0.2) is 0 Å². The molecule has 18 heavy (non-hydrogen) atoms. The van der Waals surface area contributed by atoms with E-state index < -0.39 is 0 Å². The van der Waals surface area contributed by atoms with E-state index in [1.54, 1.807) is 0 Å². The molecule has 0 saturated carbocycles. The first-order valence-corrected chi connectivity index (χ1v) is 7.08. The van der Waals surface area contributed by atoms with E-state index in [1.807, 2.05) is 25.2 Å². The molecule has 0 aliphatic carbocycles. The number of amides is 1. The van der Waals surface area contributed by atoms with Gasteiger partial charge in [-0.1, -0.05) is 11.6 Å². The van der Waals surface area contributed by atoms with E-state index in [4.69, 9.17) is 16.3 Å². The minimum atomic E-state index is -0.176. The van der Waals surface area contributed by atoms with Gasteiger partial charge in [-0.3, -0.25) is 4.79 Å². The third-order valence-corrected chi connectivity index (χ3v) is 3.96. The molecule has 0 radical (unpaired) electrons. The van der Waals surface area contributed by atoms with Crippen LogP contribution in [0.5, 0.6) is 0 Å². The van der Waals surface area contributed by atoms with Gasteiger partial charge in [0, 0.05) is 9.61 Å². The van der Waals surface area contributed by atoms with Crippen molar-refractivity contribution in [1.82, 2.24) is 5.32 Å². The molecule has 1 heterocycles. The Morgan fingerprint density at radius 3 is 2.94 bits per heavy atom. The third-order valence-electron chi connectivity index (χ3n) is 2.98. The average Bonchev–Trinajstić information content (AvgIpc) is 2.81. The summed E-state index contributed by atoms with van der Waals surface area (Å²) in [5.74, 6) is -0.236. The standard InChI is InChI=1S/C12H14ClIN2O2/c1-15-11-6-18-5-8(11)12(17)16-10-3-2-7(14)4-9(10)13/h2-4,8,11,15H,5-6H2,1H3,(H,16,17). The third kappa shape index (κ3) is 3.14. The van der Waals surface area contributed by atoms with Crippen LogP contribution in [0.2, 0.25) is 5.02 Å². The van der Waals surface area contributed by atoms with Gasteiger partial charge < -0.3 is 15.4 Å². The number of hydrogen-bond acceptors (Lipinski definition) is 3. The molecule has 1 aromatic rings. The Balaban J connectivity index is 2.07. The Morgan fingerprint density at radius 1 is 1.50 bits per heavy atom. The number of nitrogens with one attached hydrogen (secondary N) is 2. The summed E-state index contributed by atoms with van der Waals surface area (Å²) in [6, 6.07) is 5.60. The zero-order valence-electron chi connectivity index (χ0n) is 9.87. The molecule has 1 fully saturated rings. The Morgan fingerprint density at radius 2 is 2.28 bits per heavy atom. The second-order valence-corrected chi connectivity index (χ2v) is 5.81. The van der Waals surface area contributed by atoms with Crippen molar-refractivity contribution >= 4 is 45.8 Å². The summed E-state index contributed by atoms with van der Waals surface area (Å²) >= 11 is 8.26. The van der Waals surface area contributed by atoms with Crippen molar-refractivity contribution < 1.29 is 9.53 Å². The molecule has 2 rings (SSSR count). The fourth-order valence-electron chi connectivity index (χ4n) is 1.91. The smallest absolute Gasteiger partial charge is 0.231 e. The first-order valence-electron chi connectivity index (χ1n) is 5.62. The van der Waals surface area contributed by atoms with E-state index >= 15 is 0 Å². The lowest BCUT2D eigenvalue weighted by Crippen LogP contribution is -2.39. The molecule has 0 aromatic heterocycles. The zero-order valence-corrected chi connectivity index (χ0v) is 12.8. The van der Waals surface area contributed by atoms with Gasteiger partial charge in [0.05, 0.1) is 29.8 Å². The number of rotatable bonds is 3. The van der Waals surface area contributed by atoms with E-state index in [9.17, 15) is 4.79 Å². The molecule has 1 aromatic carbocycles. The molecular formula is C12H14ClIN2O2. The van der Waals surface area contributed by atoms with Gasteiger partial charge >= 0.3 is 0 Å². The van der Waals surface area contributed by atoms with Gasteiger partial charge in [0.15, 0.2) is 0 Å². The summed E-state index contributed by atoms with van der Waals surface area (Å²) in [5.41, 5.74) is 0.642. The van der Waals surface area contributed by atoms with Crippen molar-refractivity contribution in [2.75, 3.05) is 25.6 Å². The first-order chi connectivity index (χ1) is 8.61. The molecule has 2 atom stereocenters. The Hall–Kier alpha value is -0.370. The van der Waals surface area contributed by atoms with Crippen molar-refractivity contribution in [3.05, 3.63) is 26.8 Å². The molecular weight excluding hydrogens is 367 g/mol. The number of hydrogen-bond donors (Lipinski definition) is 2. The highest BCUT2D eigenvalue weighted by atomic mass is 127. The lowest BCUT2D eigenvalue weighted by atomic mass is 10.0. The van der Waals surface area contributed by atoms with E-state index in [0.29, 0.717) is 23.9 Å². The van der Waals surface area contributed by atoms with Crippen LogP contribution < -0.4 is 10.6 Å². The largest absolute Gasteiger partial charge is 0.379 e.